The molecule has 8 bridgehead atoms. The monoisotopic (exact) mass is 2180 g/mol. The van der Waals surface area contributed by atoms with E-state index in [4.69, 9.17) is 128 Å². The van der Waals surface area contributed by atoms with Crippen LogP contribution in [-0.2, 0) is 147 Å². The van der Waals surface area contributed by atoms with Gasteiger partial charge in [-0.1, -0.05) is 27.7 Å². The lowest BCUT2D eigenvalue weighted by Crippen LogP contribution is -2.66. The molecule has 50 nitrogen and oxygen atoms in total. The zero-order chi connectivity index (χ0) is 107. The maximum atomic E-state index is 14.3. The van der Waals surface area contributed by atoms with Gasteiger partial charge in [-0.15, -0.1) is 0 Å². The van der Waals surface area contributed by atoms with Crippen molar-refractivity contribution in [3.8, 4) is 0 Å². The van der Waals surface area contributed by atoms with Gasteiger partial charge in [-0.2, -0.15) is 47.0 Å². The van der Waals surface area contributed by atoms with Gasteiger partial charge in [0.25, 0.3) is 0 Å². The number of thioether (sulfide) groups is 4. The number of ether oxygens (including phenoxy) is 26. The molecule has 146 heavy (non-hydrogen) atoms. The van der Waals surface area contributed by atoms with Gasteiger partial charge in [0.2, 0.25) is 5.91 Å². The molecule has 9 rings (SSSR count). The van der Waals surface area contributed by atoms with Crippen molar-refractivity contribution in [1.82, 2.24) is 0 Å². The number of nitrogens with one attached hydrogen (secondary N) is 1. The average molecular weight is 2180 g/mol. The first-order chi connectivity index (χ1) is 69.6. The van der Waals surface area contributed by atoms with Crippen LogP contribution in [-0.4, -0.2) is 528 Å². The van der Waals surface area contributed by atoms with Crippen LogP contribution in [0.5, 0.6) is 0 Å². The predicted octanol–water partition coefficient (Wildman–Crippen LogP) is -5.39. The number of hydrogen-bond donors (Lipinski definition) is 18. The zero-order valence-electron chi connectivity index (χ0n) is 83.4. The molecule has 1 amide bonds. The molecule has 39 atom stereocenters. The summed E-state index contributed by atoms with van der Waals surface area (Å²) >= 11 is 5.20. The van der Waals surface area contributed by atoms with Crippen LogP contribution in [0.25, 0.3) is 0 Å². The minimum atomic E-state index is -2.30. The Morgan fingerprint density at radius 1 is 0.425 bits per heavy atom. The molecule has 0 radical (unpaired) electrons. The van der Waals surface area contributed by atoms with Crippen LogP contribution in [0, 0.1) is 23.7 Å². The summed E-state index contributed by atoms with van der Waals surface area (Å²) < 4.78 is 152. The highest BCUT2D eigenvalue weighted by molar-refractivity contribution is 8.00. The number of carbonyl (C=O) groups excluding carboxylic acids is 6. The maximum Gasteiger partial charge on any atom is 0.337 e. The number of hydrogen-bond acceptors (Lipinski definition) is 53. The highest BCUT2D eigenvalue weighted by atomic mass is 32.2. The van der Waals surface area contributed by atoms with E-state index in [-0.39, 0.29) is 133 Å². The normalized spacial score (nSPS) is 37.5. The molecule has 0 spiro atoms. The Morgan fingerprint density at radius 3 is 1.36 bits per heavy atom. The number of aliphatic hydroxyl groups excluding tert-OH is 17. The van der Waals surface area contributed by atoms with Gasteiger partial charge in [0.15, 0.2) is 68.4 Å². The van der Waals surface area contributed by atoms with Crippen LogP contribution < -0.4 is 5.32 Å². The lowest BCUT2D eigenvalue weighted by atomic mass is 9.96. The Balaban J connectivity index is 0.955. The van der Waals surface area contributed by atoms with Crippen LogP contribution in [0.4, 0.5) is 5.69 Å². The minimum Gasteiger partial charge on any atom is -0.465 e. The Labute approximate surface area is 862 Å². The molecule has 8 saturated heterocycles. The van der Waals surface area contributed by atoms with Gasteiger partial charge in [-0.05, 0) is 65.8 Å². The van der Waals surface area contributed by atoms with E-state index in [9.17, 15) is 110 Å². The Bertz CT molecular complexity index is 3930. The fourth-order valence-corrected chi connectivity index (χ4v) is 19.3. The molecule has 1 aromatic carbocycles. The molecule has 8 aliphatic rings. The van der Waals surface area contributed by atoms with Crippen molar-refractivity contribution < 1.29 is 239 Å². The fourth-order valence-electron chi connectivity index (χ4n) is 15.7. The van der Waals surface area contributed by atoms with Gasteiger partial charge >= 0.3 is 29.8 Å². The number of benzene rings is 1. The van der Waals surface area contributed by atoms with E-state index in [0.717, 1.165) is 0 Å². The van der Waals surface area contributed by atoms with Gasteiger partial charge in [-0.25, -0.2) is 4.79 Å². The Morgan fingerprint density at radius 2 is 0.863 bits per heavy atom. The summed E-state index contributed by atoms with van der Waals surface area (Å²) in [6.07, 6.45) is -69.9. The van der Waals surface area contributed by atoms with Gasteiger partial charge in [0.1, 0.15) is 146 Å². The summed E-state index contributed by atoms with van der Waals surface area (Å²) in [5.74, 6) is -5.97. The molecule has 842 valence electrons. The van der Waals surface area contributed by atoms with Crippen LogP contribution in [0.1, 0.15) is 86.0 Å². The highest BCUT2D eigenvalue weighted by Crippen LogP contribution is 2.38. The van der Waals surface area contributed by atoms with Gasteiger partial charge in [0.05, 0.1) is 174 Å². The van der Waals surface area contributed by atoms with E-state index in [2.05, 4.69) is 5.32 Å². The first-order valence-electron chi connectivity index (χ1n) is 48.8. The average Bonchev–Trinajstić information content (AvgIpc) is 0.776. The minimum absolute atomic E-state index is 0.0188. The Kier molecular flexibility index (Phi) is 54.8. The van der Waals surface area contributed by atoms with Crippen molar-refractivity contribution in [2.75, 3.05) is 177 Å². The summed E-state index contributed by atoms with van der Waals surface area (Å²) in [5.41, 5.74) is 0.700. The third-order valence-corrected chi connectivity index (χ3v) is 29.0. The molecule has 18 unspecified atom stereocenters. The molecule has 0 aliphatic carbocycles. The number of methoxy groups -OCH3 is 1. The molecular formula is C92H151NO49S4. The van der Waals surface area contributed by atoms with Crippen LogP contribution >= 0.6 is 47.0 Å². The van der Waals surface area contributed by atoms with Crippen molar-refractivity contribution in [2.24, 2.45) is 23.7 Å². The summed E-state index contributed by atoms with van der Waals surface area (Å²) in [6.45, 7) is 12.9. The van der Waals surface area contributed by atoms with Gasteiger partial charge in [0, 0.05) is 58.1 Å². The molecule has 8 fully saturated rings. The number of carbonyl (C=O) groups is 6. The molecule has 0 aromatic heterocycles. The topological polar surface area (TPSA) is 698 Å². The standard InChI is InChI=1S/C92H151NO49S4/c1-43(2)123-32-54-62(98)76(138-81(112)46(7)39-143-28-16-59(95)93-51-14-12-50(13-15-51)85(116)117-11)71(107)87(132-54)126-34-52-60(96)67(103)69(105)86(131-52)125-36-56-64(100)78(140-83(114)48(9)41-144-29-25-120-22-21-119-20-19-118-18-17-94)73(109)89(134-56)128-37-57-66(102)80-74(110)90(135-57)129-38-58-65(101)79(75(111)92(137-58)130-45(5)6)141-84(115)49(10)42-146-31-27-122-24-23-121-26-30-145-40-47(8)82(113)139-77-63(99)55(33-124-44(3)4)133-88(72(77)108)127-35-53-61(97)68(104)70(106)91(136-53)142-80/h12-15,43-49,52-58,60-80,86-92,94,96-111H,16-42H2,1-11H3,(H,93,95)/t46?,47?,48?,49?,52?,53?,54?,55?,56?,57?,58?,60-,61-,62-,63-,64-,65-,66-,67+,68+,69?,70?,71?,72?,73?,74?,75?,76+,77+,78+,79+,80+,86+,87+,88+,89+,90+,91-,92+/m1/s1. The first kappa shape index (κ1) is 125. The zero-order valence-corrected chi connectivity index (χ0v) is 86.7. The van der Waals surface area contributed by atoms with Crippen molar-refractivity contribution >= 4 is 88.5 Å². The fraction of sp³-hybridized carbons (Fsp3) is 0.870. The number of esters is 5. The summed E-state index contributed by atoms with van der Waals surface area (Å²) in [6, 6.07) is 6.03. The number of aliphatic hydroxyl groups is 17. The molecular weight excluding hydrogens is 2030 g/mol. The Hall–Kier alpha value is -4.08. The predicted molar refractivity (Wildman–Crippen MR) is 507 cm³/mol. The van der Waals surface area contributed by atoms with E-state index in [1.807, 2.05) is 0 Å². The largest absolute Gasteiger partial charge is 0.465 e. The lowest BCUT2D eigenvalue weighted by Gasteiger charge is -2.47. The van der Waals surface area contributed by atoms with Crippen molar-refractivity contribution in [1.29, 1.82) is 0 Å². The molecule has 1 aromatic rings. The van der Waals surface area contributed by atoms with E-state index in [1.54, 1.807) is 55.4 Å². The van der Waals surface area contributed by atoms with E-state index < -0.39 is 320 Å². The van der Waals surface area contributed by atoms with Crippen LogP contribution in [0.15, 0.2) is 24.3 Å². The number of amides is 1. The van der Waals surface area contributed by atoms with Gasteiger partial charge < -0.3 is 215 Å². The maximum absolute atomic E-state index is 14.3. The summed E-state index contributed by atoms with van der Waals surface area (Å²) in [4.78, 5) is 80.4. The molecule has 0 saturated carbocycles. The second-order valence-corrected chi connectivity index (χ2v) is 41.6. The number of anilines is 1. The van der Waals surface area contributed by atoms with Crippen molar-refractivity contribution in [3.63, 3.8) is 0 Å². The second-order valence-electron chi connectivity index (χ2n) is 37.0. The SMILES string of the molecule is COC(=O)c1ccc(NC(=O)CCSCC(C)C(=O)O[C@@H]2C(O)[C@@H](OCC3O[C@H](OCC4O[C@H](OCC5O[C@@H]6OCC7O[C@H](OC(C)C)C(O)[C@@H](OC(=O)C(C)CSCCOCCOCCSCC(C)C(=O)O[C@@H]8C(O)[C@@H](OCC9O[C@H](O[C@H](C6O)[C@@H]5O)C(O)[C@@H](O)[C@@H]9O)OC(COC(C)C)[C@H]8O)[C@@H]7O)C(O)[C@@H](OC(=O)C(C)CSCCOCCOCCOCCO)[C@@H]4O)C(O)[C@@H](O)[C@@H]3O)OC(COC(C)C)[C@H]2O)cc1. The highest BCUT2D eigenvalue weighted by Gasteiger charge is 2.58. The molecule has 8 heterocycles. The second kappa shape index (κ2) is 63.8. The van der Waals surface area contributed by atoms with E-state index in [1.165, 1.54) is 92.3 Å². The van der Waals surface area contributed by atoms with Crippen LogP contribution in [0.2, 0.25) is 0 Å². The third-order valence-electron chi connectivity index (χ3n) is 24.2. The third kappa shape index (κ3) is 37.9. The van der Waals surface area contributed by atoms with Crippen molar-refractivity contribution in [2.45, 2.75) is 309 Å². The van der Waals surface area contributed by atoms with Crippen molar-refractivity contribution in [3.05, 3.63) is 29.8 Å². The first-order valence-corrected chi connectivity index (χ1v) is 53.4. The quantitative estimate of drug-likeness (QED) is 0.0165. The molecule has 54 heteroatoms. The molecule has 18 N–H and O–H groups in total. The number of rotatable bonds is 41. The summed E-state index contributed by atoms with van der Waals surface area (Å²) in [7, 11) is 1.24. The van der Waals surface area contributed by atoms with E-state index in [0.29, 0.717) is 22.9 Å². The smallest absolute Gasteiger partial charge is 0.337 e. The molecule has 8 aliphatic heterocycles. The summed E-state index contributed by atoms with van der Waals surface area (Å²) in [5, 5.41) is 202. The van der Waals surface area contributed by atoms with Gasteiger partial charge in [-0.3, -0.25) is 24.0 Å². The number of fused-ring (bicyclic) bond motifs is 8. The van der Waals surface area contributed by atoms with Crippen LogP contribution in [0.3, 0.4) is 0 Å². The lowest BCUT2D eigenvalue weighted by molar-refractivity contribution is -0.375. The van der Waals surface area contributed by atoms with E-state index >= 15 is 0 Å².